The Morgan fingerprint density at radius 2 is 2.05 bits per heavy atom. The average molecular weight is 319 g/mol. The van der Waals surface area contributed by atoms with Crippen LogP contribution in [-0.2, 0) is 4.79 Å². The van der Waals surface area contributed by atoms with Gasteiger partial charge in [0.05, 0.1) is 11.0 Å². The van der Waals surface area contributed by atoms with Crippen molar-refractivity contribution in [1.82, 2.24) is 4.90 Å². The van der Waals surface area contributed by atoms with Crippen molar-refractivity contribution in [1.29, 1.82) is 0 Å². The molecule has 1 fully saturated rings. The molecule has 0 aromatic heterocycles. The summed E-state index contributed by atoms with van der Waals surface area (Å²) in [5.74, 6) is 0.758. The standard InChI is InChI=1S/C16H17NO2S2/c1-4-9-17-15(18)14(21-16(17)20)10-12-5-7-13(8-6-12)19-11(2)3/h4-8,10-11H,1,9H2,2-3H3. The van der Waals surface area contributed by atoms with Crippen molar-refractivity contribution in [2.24, 2.45) is 0 Å². The van der Waals surface area contributed by atoms with Crippen molar-refractivity contribution in [3.8, 4) is 5.75 Å². The normalized spacial score (nSPS) is 16.9. The first-order chi connectivity index (χ1) is 10.0. The van der Waals surface area contributed by atoms with Gasteiger partial charge in [0.15, 0.2) is 0 Å². The van der Waals surface area contributed by atoms with E-state index in [4.69, 9.17) is 17.0 Å². The van der Waals surface area contributed by atoms with Crippen molar-refractivity contribution in [2.75, 3.05) is 6.54 Å². The first-order valence-electron chi connectivity index (χ1n) is 6.64. The zero-order chi connectivity index (χ0) is 15.4. The van der Waals surface area contributed by atoms with Crippen molar-refractivity contribution in [3.63, 3.8) is 0 Å². The Balaban J connectivity index is 2.15. The molecular weight excluding hydrogens is 302 g/mol. The molecule has 0 unspecified atom stereocenters. The molecule has 0 N–H and O–H groups in total. The van der Waals surface area contributed by atoms with Gasteiger partial charge in [0.25, 0.3) is 5.91 Å². The molecule has 0 atom stereocenters. The van der Waals surface area contributed by atoms with Crippen LogP contribution in [0.4, 0.5) is 0 Å². The van der Waals surface area contributed by atoms with Crippen LogP contribution < -0.4 is 4.74 Å². The summed E-state index contributed by atoms with van der Waals surface area (Å²) in [6.07, 6.45) is 3.67. The number of thioether (sulfide) groups is 1. The Kier molecular flexibility index (Phi) is 5.20. The van der Waals surface area contributed by atoms with E-state index in [-0.39, 0.29) is 12.0 Å². The number of carbonyl (C=O) groups is 1. The molecule has 1 aromatic carbocycles. The van der Waals surface area contributed by atoms with Gasteiger partial charge in [-0.1, -0.05) is 42.2 Å². The molecule has 21 heavy (non-hydrogen) atoms. The van der Waals surface area contributed by atoms with Crippen LogP contribution in [0, 0.1) is 0 Å². The Labute approximate surface area is 134 Å². The summed E-state index contributed by atoms with van der Waals surface area (Å²) in [6.45, 7) is 8.06. The van der Waals surface area contributed by atoms with Gasteiger partial charge in [-0.2, -0.15) is 0 Å². The minimum atomic E-state index is -0.0626. The number of hydrogen-bond donors (Lipinski definition) is 0. The highest BCUT2D eigenvalue weighted by atomic mass is 32.2. The van der Waals surface area contributed by atoms with Gasteiger partial charge in [0, 0.05) is 6.54 Å². The first-order valence-corrected chi connectivity index (χ1v) is 7.86. The van der Waals surface area contributed by atoms with Crippen molar-refractivity contribution >= 4 is 40.3 Å². The third-order valence-corrected chi connectivity index (χ3v) is 4.11. The maximum atomic E-state index is 12.2. The molecule has 0 saturated carbocycles. The third kappa shape index (κ3) is 3.95. The number of amides is 1. The van der Waals surface area contributed by atoms with Crippen LogP contribution in [0.2, 0.25) is 0 Å². The van der Waals surface area contributed by atoms with Gasteiger partial charge in [-0.25, -0.2) is 0 Å². The zero-order valence-corrected chi connectivity index (χ0v) is 13.7. The van der Waals surface area contributed by atoms with Gasteiger partial charge in [-0.05, 0) is 37.6 Å². The molecule has 1 aromatic rings. The van der Waals surface area contributed by atoms with Gasteiger partial charge in [-0.3, -0.25) is 9.69 Å². The maximum absolute atomic E-state index is 12.2. The van der Waals surface area contributed by atoms with Crippen LogP contribution in [-0.4, -0.2) is 27.8 Å². The Morgan fingerprint density at radius 1 is 1.38 bits per heavy atom. The number of rotatable bonds is 5. The molecule has 3 nitrogen and oxygen atoms in total. The van der Waals surface area contributed by atoms with Crippen molar-refractivity contribution in [2.45, 2.75) is 20.0 Å². The summed E-state index contributed by atoms with van der Waals surface area (Å²) in [5.41, 5.74) is 0.949. The molecule has 0 radical (unpaired) electrons. The summed E-state index contributed by atoms with van der Waals surface area (Å²) in [5, 5.41) is 0. The third-order valence-electron chi connectivity index (χ3n) is 2.73. The number of carbonyl (C=O) groups excluding carboxylic acids is 1. The van der Waals surface area contributed by atoms with Gasteiger partial charge in [-0.15, -0.1) is 6.58 Å². The molecule has 2 rings (SSSR count). The minimum absolute atomic E-state index is 0.0626. The van der Waals surface area contributed by atoms with Gasteiger partial charge in [0.2, 0.25) is 0 Å². The van der Waals surface area contributed by atoms with E-state index >= 15 is 0 Å². The Bertz CT molecular complexity index is 591. The lowest BCUT2D eigenvalue weighted by Crippen LogP contribution is -2.27. The van der Waals surface area contributed by atoms with Crippen molar-refractivity contribution in [3.05, 3.63) is 47.4 Å². The van der Waals surface area contributed by atoms with Gasteiger partial charge < -0.3 is 4.74 Å². The van der Waals surface area contributed by atoms with Crippen LogP contribution in [0.25, 0.3) is 6.08 Å². The Hall–Kier alpha value is -1.59. The highest BCUT2D eigenvalue weighted by Gasteiger charge is 2.30. The number of hydrogen-bond acceptors (Lipinski definition) is 4. The van der Waals surface area contributed by atoms with E-state index in [9.17, 15) is 4.79 Å². The second-order valence-corrected chi connectivity index (χ2v) is 6.49. The molecule has 1 saturated heterocycles. The van der Waals surface area contributed by atoms with E-state index in [2.05, 4.69) is 6.58 Å². The molecular formula is C16H17NO2S2. The quantitative estimate of drug-likeness (QED) is 0.468. The molecule has 1 aliphatic rings. The minimum Gasteiger partial charge on any atom is -0.491 e. The highest BCUT2D eigenvalue weighted by Crippen LogP contribution is 2.32. The summed E-state index contributed by atoms with van der Waals surface area (Å²) < 4.78 is 6.17. The molecule has 5 heteroatoms. The van der Waals surface area contributed by atoms with E-state index < -0.39 is 0 Å². The molecule has 1 aliphatic heterocycles. The molecule has 110 valence electrons. The lowest BCUT2D eigenvalue weighted by molar-refractivity contribution is -0.121. The van der Waals surface area contributed by atoms with Gasteiger partial charge >= 0.3 is 0 Å². The lowest BCUT2D eigenvalue weighted by Gasteiger charge is -2.10. The summed E-state index contributed by atoms with van der Waals surface area (Å²) in [6, 6.07) is 7.65. The lowest BCUT2D eigenvalue weighted by atomic mass is 10.2. The Morgan fingerprint density at radius 3 is 2.62 bits per heavy atom. The largest absolute Gasteiger partial charge is 0.491 e. The van der Waals surface area contributed by atoms with Gasteiger partial charge in [0.1, 0.15) is 10.1 Å². The smallest absolute Gasteiger partial charge is 0.266 e. The topological polar surface area (TPSA) is 29.5 Å². The molecule has 0 bridgehead atoms. The van der Waals surface area contributed by atoms with E-state index in [1.807, 2.05) is 44.2 Å². The van der Waals surface area contributed by atoms with Crippen LogP contribution in [0.5, 0.6) is 5.75 Å². The fourth-order valence-corrected chi connectivity index (χ4v) is 3.13. The van der Waals surface area contributed by atoms with E-state index in [1.165, 1.54) is 11.8 Å². The van der Waals surface area contributed by atoms with Crippen LogP contribution in [0.1, 0.15) is 19.4 Å². The van der Waals surface area contributed by atoms with E-state index in [1.54, 1.807) is 11.0 Å². The summed E-state index contributed by atoms with van der Waals surface area (Å²) >= 11 is 6.53. The highest BCUT2D eigenvalue weighted by molar-refractivity contribution is 8.26. The number of benzene rings is 1. The van der Waals surface area contributed by atoms with E-state index in [0.29, 0.717) is 15.8 Å². The second-order valence-electron chi connectivity index (χ2n) is 4.82. The SMILES string of the molecule is C=CCN1C(=O)C(=Cc2ccc(OC(C)C)cc2)SC1=S. The monoisotopic (exact) mass is 319 g/mol. The van der Waals surface area contributed by atoms with Crippen LogP contribution >= 0.6 is 24.0 Å². The molecule has 1 heterocycles. The molecule has 0 aliphatic carbocycles. The number of thiocarbonyl (C=S) groups is 1. The first kappa shape index (κ1) is 15.8. The predicted molar refractivity (Wildman–Crippen MR) is 92.3 cm³/mol. The maximum Gasteiger partial charge on any atom is 0.266 e. The molecule has 0 spiro atoms. The number of ether oxygens (including phenoxy) is 1. The molecule has 1 amide bonds. The van der Waals surface area contributed by atoms with Crippen LogP contribution in [0.3, 0.4) is 0 Å². The van der Waals surface area contributed by atoms with E-state index in [0.717, 1.165) is 11.3 Å². The fourth-order valence-electron chi connectivity index (χ4n) is 1.85. The zero-order valence-electron chi connectivity index (χ0n) is 12.0. The summed E-state index contributed by atoms with van der Waals surface area (Å²) in [4.78, 5) is 14.4. The van der Waals surface area contributed by atoms with Crippen molar-refractivity contribution < 1.29 is 9.53 Å². The average Bonchev–Trinajstić information content (AvgIpc) is 2.69. The van der Waals surface area contributed by atoms with Crippen LogP contribution in [0.15, 0.2) is 41.8 Å². The fraction of sp³-hybridized carbons (Fsp3) is 0.250. The number of nitrogens with zero attached hydrogens (tertiary/aromatic N) is 1. The second kappa shape index (κ2) is 6.91. The predicted octanol–water partition coefficient (Wildman–Crippen LogP) is 3.86. The summed E-state index contributed by atoms with van der Waals surface area (Å²) in [7, 11) is 0.